The number of amides is 1. The highest BCUT2D eigenvalue weighted by Crippen LogP contribution is 1.98. The van der Waals surface area contributed by atoms with Gasteiger partial charge < -0.3 is 11.1 Å². The van der Waals surface area contributed by atoms with E-state index in [1.807, 2.05) is 0 Å². The Kier molecular flexibility index (Phi) is 2.27. The Balaban J connectivity index is 2.63. The second-order valence-electron chi connectivity index (χ2n) is 2.44. The zero-order chi connectivity index (χ0) is 9.14. The molecule has 0 atom stereocenters. The maximum absolute atomic E-state index is 10.5. The second kappa shape index (κ2) is 3.21. The lowest BCUT2D eigenvalue weighted by molar-refractivity contribution is -0.119. The molecule has 0 aliphatic rings. The van der Waals surface area contributed by atoms with Gasteiger partial charge in [-0.25, -0.2) is 0 Å². The van der Waals surface area contributed by atoms with Gasteiger partial charge in [-0.1, -0.05) is 0 Å². The van der Waals surface area contributed by atoms with Crippen LogP contribution in [-0.2, 0) is 18.4 Å². The summed E-state index contributed by atoms with van der Waals surface area (Å²) in [6.45, 7) is 1.80. The largest absolute Gasteiger partial charge is 0.368 e. The van der Waals surface area contributed by atoms with Gasteiger partial charge in [0.15, 0.2) is 5.82 Å². The fourth-order valence-electron chi connectivity index (χ4n) is 0.733. The molecule has 0 spiro atoms. The summed E-state index contributed by atoms with van der Waals surface area (Å²) in [5.74, 6) is 0.884. The SMILES string of the molecule is CC(=O)NCc1nnc(N)n1C. The fourth-order valence-corrected chi connectivity index (χ4v) is 0.733. The molecular weight excluding hydrogens is 158 g/mol. The standard InChI is InChI=1S/C6H11N5O/c1-4(12)8-3-5-9-10-6(7)11(5)2/h3H2,1-2H3,(H2,7,10)(H,8,12). The number of aromatic nitrogens is 3. The first kappa shape index (κ1) is 8.51. The second-order valence-corrected chi connectivity index (χ2v) is 2.44. The molecule has 6 heteroatoms. The van der Waals surface area contributed by atoms with E-state index < -0.39 is 0 Å². The molecular formula is C6H11N5O. The van der Waals surface area contributed by atoms with Crippen molar-refractivity contribution in [3.05, 3.63) is 5.82 Å². The summed E-state index contributed by atoms with van der Waals surface area (Å²) in [6.07, 6.45) is 0. The van der Waals surface area contributed by atoms with Gasteiger partial charge in [-0.3, -0.25) is 9.36 Å². The minimum Gasteiger partial charge on any atom is -0.368 e. The molecule has 0 unspecified atom stereocenters. The molecule has 0 fully saturated rings. The highest BCUT2D eigenvalue weighted by Gasteiger charge is 2.04. The van der Waals surface area contributed by atoms with Gasteiger partial charge in [0, 0.05) is 14.0 Å². The summed E-state index contributed by atoms with van der Waals surface area (Å²) < 4.78 is 1.62. The number of carbonyl (C=O) groups is 1. The van der Waals surface area contributed by atoms with Gasteiger partial charge in [0.05, 0.1) is 6.54 Å². The molecule has 3 N–H and O–H groups in total. The van der Waals surface area contributed by atoms with Gasteiger partial charge in [-0.2, -0.15) is 0 Å². The summed E-state index contributed by atoms with van der Waals surface area (Å²) in [4.78, 5) is 10.5. The summed E-state index contributed by atoms with van der Waals surface area (Å²) in [6, 6.07) is 0. The number of nitrogen functional groups attached to an aromatic ring is 1. The number of nitrogens with one attached hydrogen (secondary N) is 1. The van der Waals surface area contributed by atoms with Crippen LogP contribution in [0.4, 0.5) is 5.95 Å². The number of nitrogens with two attached hydrogens (primary N) is 1. The first-order valence-electron chi connectivity index (χ1n) is 3.49. The maximum atomic E-state index is 10.5. The van der Waals surface area contributed by atoms with Crippen LogP contribution in [0.3, 0.4) is 0 Å². The Morgan fingerprint density at radius 1 is 1.67 bits per heavy atom. The first-order valence-corrected chi connectivity index (χ1v) is 3.49. The molecule has 0 saturated heterocycles. The van der Waals surface area contributed by atoms with E-state index in [1.165, 1.54) is 6.92 Å². The highest BCUT2D eigenvalue weighted by molar-refractivity contribution is 5.72. The molecule has 1 aromatic rings. The van der Waals surface area contributed by atoms with Gasteiger partial charge >= 0.3 is 0 Å². The van der Waals surface area contributed by atoms with Gasteiger partial charge in [-0.15, -0.1) is 10.2 Å². The van der Waals surface area contributed by atoms with Crippen molar-refractivity contribution in [3.8, 4) is 0 Å². The Hall–Kier alpha value is -1.59. The fraction of sp³-hybridized carbons (Fsp3) is 0.500. The number of carbonyl (C=O) groups excluding carboxylic acids is 1. The molecule has 1 heterocycles. The Labute approximate surface area is 69.8 Å². The lowest BCUT2D eigenvalue weighted by Gasteiger charge is -2.00. The highest BCUT2D eigenvalue weighted by atomic mass is 16.1. The zero-order valence-corrected chi connectivity index (χ0v) is 7.03. The monoisotopic (exact) mass is 169 g/mol. The molecule has 0 aromatic carbocycles. The van der Waals surface area contributed by atoms with Crippen LogP contribution in [0.1, 0.15) is 12.7 Å². The lowest BCUT2D eigenvalue weighted by atomic mass is 10.5. The third kappa shape index (κ3) is 1.71. The van der Waals surface area contributed by atoms with Crippen molar-refractivity contribution >= 4 is 11.9 Å². The summed E-state index contributed by atoms with van der Waals surface area (Å²) in [7, 11) is 1.74. The number of nitrogens with zero attached hydrogens (tertiary/aromatic N) is 3. The van der Waals surface area contributed by atoms with E-state index in [1.54, 1.807) is 11.6 Å². The molecule has 0 saturated carbocycles. The summed E-state index contributed by atoms with van der Waals surface area (Å²) in [5, 5.41) is 9.99. The predicted octanol–water partition coefficient (Wildman–Crippen LogP) is -0.967. The summed E-state index contributed by atoms with van der Waals surface area (Å²) >= 11 is 0. The van der Waals surface area contributed by atoms with Crippen molar-refractivity contribution in [1.29, 1.82) is 0 Å². The normalized spacial score (nSPS) is 9.83. The van der Waals surface area contributed by atoms with E-state index in [4.69, 9.17) is 5.73 Å². The van der Waals surface area contributed by atoms with E-state index >= 15 is 0 Å². The molecule has 0 aliphatic heterocycles. The maximum Gasteiger partial charge on any atom is 0.221 e. The predicted molar refractivity (Wildman–Crippen MR) is 42.9 cm³/mol. The average Bonchev–Trinajstić information content (AvgIpc) is 2.30. The smallest absolute Gasteiger partial charge is 0.221 e. The summed E-state index contributed by atoms with van der Waals surface area (Å²) in [5.41, 5.74) is 5.42. The lowest BCUT2D eigenvalue weighted by Crippen LogP contribution is -2.21. The third-order valence-electron chi connectivity index (χ3n) is 1.49. The van der Waals surface area contributed by atoms with Crippen LogP contribution in [-0.4, -0.2) is 20.7 Å². The van der Waals surface area contributed by atoms with Crippen molar-refractivity contribution in [2.45, 2.75) is 13.5 Å². The Bertz CT molecular complexity index is 292. The number of hydrogen-bond acceptors (Lipinski definition) is 4. The van der Waals surface area contributed by atoms with Crippen molar-refractivity contribution in [3.63, 3.8) is 0 Å². The first-order chi connectivity index (χ1) is 5.61. The molecule has 66 valence electrons. The molecule has 1 rings (SSSR count). The minimum atomic E-state index is -0.100. The van der Waals surface area contributed by atoms with E-state index in [-0.39, 0.29) is 5.91 Å². The van der Waals surface area contributed by atoms with Gasteiger partial charge in [-0.05, 0) is 0 Å². The van der Waals surface area contributed by atoms with Crippen molar-refractivity contribution in [2.24, 2.45) is 7.05 Å². The number of hydrogen-bond donors (Lipinski definition) is 2. The number of rotatable bonds is 2. The molecule has 0 aliphatic carbocycles. The van der Waals surface area contributed by atoms with E-state index in [9.17, 15) is 4.79 Å². The topological polar surface area (TPSA) is 85.8 Å². The van der Waals surface area contributed by atoms with Crippen LogP contribution < -0.4 is 11.1 Å². The third-order valence-corrected chi connectivity index (χ3v) is 1.49. The Morgan fingerprint density at radius 2 is 2.33 bits per heavy atom. The minimum absolute atomic E-state index is 0.100. The number of anilines is 1. The van der Waals surface area contributed by atoms with Crippen molar-refractivity contribution < 1.29 is 4.79 Å². The van der Waals surface area contributed by atoms with E-state index in [0.29, 0.717) is 18.3 Å². The van der Waals surface area contributed by atoms with Gasteiger partial charge in [0.1, 0.15) is 0 Å². The Morgan fingerprint density at radius 3 is 2.75 bits per heavy atom. The van der Waals surface area contributed by atoms with Crippen LogP contribution in [0, 0.1) is 0 Å². The molecule has 1 amide bonds. The van der Waals surface area contributed by atoms with Crippen LogP contribution in [0.5, 0.6) is 0 Å². The molecule has 0 radical (unpaired) electrons. The van der Waals surface area contributed by atoms with Gasteiger partial charge in [0.25, 0.3) is 0 Å². The molecule has 1 aromatic heterocycles. The molecule has 0 bridgehead atoms. The molecule has 12 heavy (non-hydrogen) atoms. The van der Waals surface area contributed by atoms with Crippen molar-refractivity contribution in [1.82, 2.24) is 20.1 Å². The van der Waals surface area contributed by atoms with Crippen LogP contribution in [0.15, 0.2) is 0 Å². The zero-order valence-electron chi connectivity index (χ0n) is 7.03. The average molecular weight is 169 g/mol. The van der Waals surface area contributed by atoms with E-state index in [0.717, 1.165) is 0 Å². The quantitative estimate of drug-likeness (QED) is 0.596. The van der Waals surface area contributed by atoms with Gasteiger partial charge in [0.2, 0.25) is 11.9 Å². The van der Waals surface area contributed by atoms with Crippen LogP contribution in [0.2, 0.25) is 0 Å². The van der Waals surface area contributed by atoms with Crippen LogP contribution in [0.25, 0.3) is 0 Å². The van der Waals surface area contributed by atoms with Crippen molar-refractivity contribution in [2.75, 3.05) is 5.73 Å². The molecule has 6 nitrogen and oxygen atoms in total. The van der Waals surface area contributed by atoms with Crippen LogP contribution >= 0.6 is 0 Å². The van der Waals surface area contributed by atoms with E-state index in [2.05, 4.69) is 15.5 Å².